The predicted octanol–water partition coefficient (Wildman–Crippen LogP) is 3.01. The molecule has 3 fully saturated rings. The molecule has 0 aliphatic carbocycles. The van der Waals surface area contributed by atoms with Gasteiger partial charge in [0.25, 0.3) is 0 Å². The van der Waals surface area contributed by atoms with Crippen LogP contribution in [0.25, 0.3) is 0 Å². The molecule has 3 saturated heterocycles. The topological polar surface area (TPSA) is 62.5 Å². The lowest BCUT2D eigenvalue weighted by molar-refractivity contribution is -0.0502. The van der Waals surface area contributed by atoms with Gasteiger partial charge in [-0.05, 0) is 24.1 Å². The lowest BCUT2D eigenvalue weighted by Gasteiger charge is -2.36. The van der Waals surface area contributed by atoms with Crippen LogP contribution in [-0.2, 0) is 22.4 Å². The van der Waals surface area contributed by atoms with Gasteiger partial charge in [0.15, 0.2) is 5.96 Å². The number of nitrogens with zero attached hydrogens (tertiary/aromatic N) is 3. The van der Waals surface area contributed by atoms with Crippen LogP contribution >= 0.6 is 24.0 Å². The van der Waals surface area contributed by atoms with Crippen LogP contribution in [0.2, 0.25) is 0 Å². The number of aliphatic imine (C=N–C) groups is 1. The first-order chi connectivity index (χ1) is 15.8. The van der Waals surface area contributed by atoms with Crippen molar-refractivity contribution in [1.29, 1.82) is 0 Å². The van der Waals surface area contributed by atoms with Crippen molar-refractivity contribution in [2.24, 2.45) is 10.9 Å². The zero-order valence-electron chi connectivity index (χ0n) is 19.1. The molecule has 0 bridgehead atoms. The molecule has 7 nitrogen and oxygen atoms in total. The van der Waals surface area contributed by atoms with Crippen molar-refractivity contribution >= 4 is 29.9 Å². The normalized spacial score (nSPS) is 25.6. The highest BCUT2D eigenvalue weighted by Gasteiger charge is 2.41. The average molecular weight is 566 g/mol. The van der Waals surface area contributed by atoms with E-state index >= 15 is 0 Å². The van der Waals surface area contributed by atoms with Crippen molar-refractivity contribution in [2.45, 2.75) is 31.5 Å². The van der Waals surface area contributed by atoms with Crippen LogP contribution in [0.3, 0.4) is 0 Å². The Morgan fingerprint density at radius 3 is 2.79 bits per heavy atom. The van der Waals surface area contributed by atoms with Crippen molar-refractivity contribution in [3.8, 4) is 0 Å². The molecule has 4 heterocycles. The molecule has 33 heavy (non-hydrogen) atoms. The number of guanidine groups is 1. The molecular weight excluding hydrogens is 531 g/mol. The smallest absolute Gasteiger partial charge is 0.194 e. The van der Waals surface area contributed by atoms with E-state index in [2.05, 4.69) is 45.4 Å². The molecule has 3 atom stereocenters. The Hall–Kier alpha value is -1.62. The van der Waals surface area contributed by atoms with E-state index in [9.17, 15) is 0 Å². The maximum absolute atomic E-state index is 6.19. The van der Waals surface area contributed by atoms with Crippen LogP contribution in [0.15, 0.2) is 58.1 Å². The van der Waals surface area contributed by atoms with Crippen LogP contribution in [-0.4, -0.2) is 80.4 Å². The van der Waals surface area contributed by atoms with Crippen molar-refractivity contribution in [3.63, 3.8) is 0 Å². The number of ether oxygens (including phenoxy) is 2. The predicted molar refractivity (Wildman–Crippen MR) is 139 cm³/mol. The number of likely N-dealkylation sites (tertiary alicyclic amines) is 1. The van der Waals surface area contributed by atoms with Crippen molar-refractivity contribution in [3.05, 3.63) is 60.1 Å². The van der Waals surface area contributed by atoms with E-state index in [1.165, 1.54) is 5.56 Å². The third-order valence-electron chi connectivity index (χ3n) is 6.70. The number of hydrogen-bond donors (Lipinski definition) is 1. The highest BCUT2D eigenvalue weighted by Crippen LogP contribution is 2.25. The standard InChI is InChI=1S/C25H34N4O3.HI/c1-2-5-20(6-3-1)16-28-11-14-32-24-18-29(17-23(24)28)25(27-15-21-9-13-30-19-21)26-10-8-22-7-4-12-31-22;/h1-7,12,21,23-24H,8-11,13-19H2,(H,26,27);1H. The summed E-state index contributed by atoms with van der Waals surface area (Å²) in [7, 11) is 0. The summed E-state index contributed by atoms with van der Waals surface area (Å²) in [6, 6.07) is 15.1. The summed E-state index contributed by atoms with van der Waals surface area (Å²) in [5, 5.41) is 3.60. The number of halogens is 1. The fourth-order valence-electron chi connectivity index (χ4n) is 4.91. The number of furan rings is 1. The first kappa shape index (κ1) is 24.5. The lowest BCUT2D eigenvalue weighted by Crippen LogP contribution is -2.50. The number of nitrogens with one attached hydrogen (secondary N) is 1. The molecular formula is C25H35IN4O3. The molecule has 180 valence electrons. The van der Waals surface area contributed by atoms with E-state index in [1.807, 2.05) is 12.1 Å². The Labute approximate surface area is 213 Å². The van der Waals surface area contributed by atoms with Crippen LogP contribution in [0, 0.1) is 5.92 Å². The summed E-state index contributed by atoms with van der Waals surface area (Å²) in [6.07, 6.45) is 3.89. The molecule has 0 spiro atoms. The quantitative estimate of drug-likeness (QED) is 0.316. The van der Waals surface area contributed by atoms with Crippen molar-refractivity contribution in [2.75, 3.05) is 52.5 Å². The van der Waals surface area contributed by atoms with Gasteiger partial charge in [0.2, 0.25) is 0 Å². The van der Waals surface area contributed by atoms with Crippen molar-refractivity contribution < 1.29 is 13.9 Å². The molecule has 3 unspecified atom stereocenters. The maximum Gasteiger partial charge on any atom is 0.194 e. The largest absolute Gasteiger partial charge is 0.469 e. The zero-order valence-corrected chi connectivity index (χ0v) is 21.4. The van der Waals surface area contributed by atoms with E-state index < -0.39 is 0 Å². The van der Waals surface area contributed by atoms with E-state index in [-0.39, 0.29) is 30.1 Å². The second kappa shape index (κ2) is 12.2. The molecule has 1 N–H and O–H groups in total. The number of morpholine rings is 1. The van der Waals surface area contributed by atoms with Gasteiger partial charge in [-0.3, -0.25) is 9.89 Å². The van der Waals surface area contributed by atoms with Crippen molar-refractivity contribution in [1.82, 2.24) is 15.1 Å². The van der Waals surface area contributed by atoms with E-state index in [0.717, 1.165) is 83.7 Å². The van der Waals surface area contributed by atoms with Gasteiger partial charge in [0, 0.05) is 58.2 Å². The fourth-order valence-corrected chi connectivity index (χ4v) is 4.91. The minimum Gasteiger partial charge on any atom is -0.469 e. The number of hydrogen-bond acceptors (Lipinski definition) is 5. The molecule has 0 amide bonds. The molecule has 1 aromatic heterocycles. The summed E-state index contributed by atoms with van der Waals surface area (Å²) in [5.41, 5.74) is 1.36. The molecule has 2 aromatic rings. The molecule has 5 rings (SSSR count). The molecule has 1 aromatic carbocycles. The second-order valence-electron chi connectivity index (χ2n) is 8.99. The summed E-state index contributed by atoms with van der Waals surface area (Å²) in [5.74, 6) is 2.50. The van der Waals surface area contributed by atoms with Gasteiger partial charge in [-0.2, -0.15) is 0 Å². The number of fused-ring (bicyclic) bond motifs is 1. The van der Waals surface area contributed by atoms with Gasteiger partial charge in [-0.25, -0.2) is 0 Å². The molecule has 3 aliphatic heterocycles. The number of rotatable bonds is 7. The van der Waals surface area contributed by atoms with Gasteiger partial charge in [-0.1, -0.05) is 30.3 Å². The van der Waals surface area contributed by atoms with Crippen LogP contribution < -0.4 is 5.32 Å². The van der Waals surface area contributed by atoms with Gasteiger partial charge in [0.1, 0.15) is 5.76 Å². The van der Waals surface area contributed by atoms with Crippen LogP contribution in [0.1, 0.15) is 17.7 Å². The first-order valence-corrected chi connectivity index (χ1v) is 11.9. The Kier molecular flexibility index (Phi) is 9.05. The third-order valence-corrected chi connectivity index (χ3v) is 6.70. The summed E-state index contributed by atoms with van der Waals surface area (Å²) >= 11 is 0. The monoisotopic (exact) mass is 566 g/mol. The van der Waals surface area contributed by atoms with Gasteiger partial charge in [0.05, 0.1) is 31.6 Å². The molecule has 0 radical (unpaired) electrons. The highest BCUT2D eigenvalue weighted by molar-refractivity contribution is 14.0. The molecule has 0 saturated carbocycles. The zero-order chi connectivity index (χ0) is 21.6. The summed E-state index contributed by atoms with van der Waals surface area (Å²) in [4.78, 5) is 9.98. The Balaban J connectivity index is 0.00000259. The maximum atomic E-state index is 6.19. The minimum atomic E-state index is 0. The summed E-state index contributed by atoms with van der Waals surface area (Å²) in [6.45, 7) is 7.84. The second-order valence-corrected chi connectivity index (χ2v) is 8.99. The Morgan fingerprint density at radius 2 is 2.00 bits per heavy atom. The SMILES string of the molecule is I.c1ccc(CN2CCOC3CN(C(=NCC4CCOC4)NCCc4ccco4)CC32)cc1. The molecule has 8 heteroatoms. The summed E-state index contributed by atoms with van der Waals surface area (Å²) < 4.78 is 17.2. The van der Waals surface area contributed by atoms with Gasteiger partial charge in [-0.15, -0.1) is 24.0 Å². The van der Waals surface area contributed by atoms with Crippen LogP contribution in [0.5, 0.6) is 0 Å². The Morgan fingerprint density at radius 1 is 1.09 bits per heavy atom. The lowest BCUT2D eigenvalue weighted by atomic mass is 10.1. The highest BCUT2D eigenvalue weighted by atomic mass is 127. The molecule has 3 aliphatic rings. The Bertz CT molecular complexity index is 858. The van der Waals surface area contributed by atoms with Gasteiger partial charge >= 0.3 is 0 Å². The van der Waals surface area contributed by atoms with E-state index in [0.29, 0.717) is 12.0 Å². The van der Waals surface area contributed by atoms with Crippen LogP contribution in [0.4, 0.5) is 0 Å². The van der Waals surface area contributed by atoms with Gasteiger partial charge < -0.3 is 24.1 Å². The first-order valence-electron chi connectivity index (χ1n) is 11.9. The van der Waals surface area contributed by atoms with E-state index in [1.54, 1.807) is 6.26 Å². The average Bonchev–Trinajstić information content (AvgIpc) is 3.59. The third kappa shape index (κ3) is 6.49. The number of benzene rings is 1. The van der Waals surface area contributed by atoms with E-state index in [4.69, 9.17) is 18.9 Å². The fraction of sp³-hybridized carbons (Fsp3) is 0.560. The minimum absolute atomic E-state index is 0.